The minimum Gasteiger partial charge on any atom is -0.358 e. The van der Waals surface area contributed by atoms with Crippen LogP contribution in [-0.4, -0.2) is 20.6 Å². The van der Waals surface area contributed by atoms with E-state index in [4.69, 9.17) is 0 Å². The number of hydrogen-bond donors (Lipinski definition) is 1. The van der Waals surface area contributed by atoms with Crippen LogP contribution in [0.2, 0.25) is 0 Å². The number of fused-ring (bicyclic) bond motifs is 1. The molecule has 22 heavy (non-hydrogen) atoms. The van der Waals surface area contributed by atoms with Crippen molar-refractivity contribution in [1.29, 1.82) is 0 Å². The average Bonchev–Trinajstić information content (AvgIpc) is 2.95. The molecule has 1 amide bonds. The van der Waals surface area contributed by atoms with Gasteiger partial charge in [0.2, 0.25) is 5.91 Å². The third-order valence-electron chi connectivity index (χ3n) is 3.15. The maximum atomic E-state index is 12.0. The van der Waals surface area contributed by atoms with Gasteiger partial charge in [-0.1, -0.05) is 30.3 Å². The van der Waals surface area contributed by atoms with Gasteiger partial charge < -0.3 is 15.4 Å². The molecule has 7 nitrogen and oxygen atoms in total. The first-order valence-corrected chi connectivity index (χ1v) is 6.58. The Morgan fingerprint density at radius 2 is 1.95 bits per heavy atom. The Balaban J connectivity index is 1.70. The molecule has 0 unspecified atom stereocenters. The van der Waals surface area contributed by atoms with Crippen LogP contribution in [0.5, 0.6) is 0 Å². The van der Waals surface area contributed by atoms with Crippen molar-refractivity contribution in [3.8, 4) is 0 Å². The molecule has 0 saturated carbocycles. The molecule has 0 atom stereocenters. The Bertz CT molecular complexity index is 857. The Morgan fingerprint density at radius 3 is 2.68 bits per heavy atom. The Labute approximate surface area is 125 Å². The van der Waals surface area contributed by atoms with Crippen molar-refractivity contribution in [3.63, 3.8) is 0 Å². The Hall–Kier alpha value is -3.22. The number of benzene rings is 2. The predicted molar refractivity (Wildman–Crippen MR) is 81.5 cm³/mol. The van der Waals surface area contributed by atoms with E-state index in [9.17, 15) is 14.9 Å². The second-order valence-electron chi connectivity index (χ2n) is 4.74. The number of anilines is 1. The van der Waals surface area contributed by atoms with Crippen molar-refractivity contribution in [3.05, 3.63) is 64.8 Å². The highest BCUT2D eigenvalue weighted by Gasteiger charge is 2.13. The molecule has 1 heterocycles. The maximum Gasteiger partial charge on any atom is 0.389 e. The van der Waals surface area contributed by atoms with E-state index in [-0.39, 0.29) is 18.3 Å². The lowest BCUT2D eigenvalue weighted by Gasteiger charge is -2.05. The van der Waals surface area contributed by atoms with Gasteiger partial charge in [0, 0.05) is 5.69 Å². The molecule has 110 valence electrons. The third-order valence-corrected chi connectivity index (χ3v) is 3.15. The largest absolute Gasteiger partial charge is 0.389 e. The summed E-state index contributed by atoms with van der Waals surface area (Å²) in [6.07, 6.45) is 1.40. The van der Waals surface area contributed by atoms with Crippen molar-refractivity contribution < 1.29 is 9.72 Å². The summed E-state index contributed by atoms with van der Waals surface area (Å²) in [6.45, 7) is -0.0827. The predicted octanol–water partition coefficient (Wildman–Crippen LogP) is 2.58. The molecule has 0 aliphatic heterocycles. The number of rotatable bonds is 4. The first-order valence-electron chi connectivity index (χ1n) is 6.58. The van der Waals surface area contributed by atoms with Crippen molar-refractivity contribution in [2.45, 2.75) is 6.54 Å². The average molecular weight is 296 g/mol. The monoisotopic (exact) mass is 296 g/mol. The van der Waals surface area contributed by atoms with Crippen molar-refractivity contribution in [2.24, 2.45) is 0 Å². The number of carbonyl (C=O) groups is 1. The van der Waals surface area contributed by atoms with E-state index in [0.717, 1.165) is 10.8 Å². The van der Waals surface area contributed by atoms with Gasteiger partial charge in [0.15, 0.2) is 0 Å². The van der Waals surface area contributed by atoms with E-state index in [2.05, 4.69) is 10.4 Å². The highest BCUT2D eigenvalue weighted by atomic mass is 16.6. The second kappa shape index (κ2) is 5.65. The van der Waals surface area contributed by atoms with Crippen LogP contribution in [0.4, 0.5) is 11.5 Å². The van der Waals surface area contributed by atoms with Crippen LogP contribution in [0.1, 0.15) is 0 Å². The van der Waals surface area contributed by atoms with Gasteiger partial charge in [-0.2, -0.15) is 4.68 Å². The zero-order valence-corrected chi connectivity index (χ0v) is 11.5. The molecule has 3 rings (SSSR count). The van der Waals surface area contributed by atoms with Crippen molar-refractivity contribution in [2.75, 3.05) is 5.32 Å². The van der Waals surface area contributed by atoms with Crippen molar-refractivity contribution >= 4 is 28.2 Å². The minimum atomic E-state index is -0.599. The first kappa shape index (κ1) is 13.7. The molecule has 7 heteroatoms. The van der Waals surface area contributed by atoms with Crippen LogP contribution >= 0.6 is 0 Å². The summed E-state index contributed by atoms with van der Waals surface area (Å²) in [7, 11) is 0. The lowest BCUT2D eigenvalue weighted by molar-refractivity contribution is -0.389. The molecule has 1 aromatic heterocycles. The topological polar surface area (TPSA) is 90.1 Å². The molecule has 3 aromatic rings. The fraction of sp³-hybridized carbons (Fsp3) is 0.0667. The summed E-state index contributed by atoms with van der Waals surface area (Å²) in [6, 6.07) is 14.7. The highest BCUT2D eigenvalue weighted by Crippen LogP contribution is 2.18. The maximum absolute atomic E-state index is 12.0. The summed E-state index contributed by atoms with van der Waals surface area (Å²) in [5, 5.41) is 19.1. The molecule has 0 aliphatic rings. The number of aromatic nitrogens is 2. The van der Waals surface area contributed by atoms with E-state index in [0.29, 0.717) is 5.69 Å². The van der Waals surface area contributed by atoms with Crippen LogP contribution < -0.4 is 5.32 Å². The third kappa shape index (κ3) is 2.93. The van der Waals surface area contributed by atoms with Gasteiger partial charge >= 0.3 is 5.82 Å². The van der Waals surface area contributed by atoms with Gasteiger partial charge in [-0.3, -0.25) is 4.79 Å². The standard InChI is InChI=1S/C15H12N4O3/c20-15(10-18-8-7-14(17-18)19(21)22)16-13-6-5-11-3-1-2-4-12(11)9-13/h1-9H,10H2,(H,16,20). The van der Waals surface area contributed by atoms with E-state index >= 15 is 0 Å². The summed E-state index contributed by atoms with van der Waals surface area (Å²) in [5.41, 5.74) is 0.672. The molecule has 1 N–H and O–H groups in total. The number of nitrogens with zero attached hydrogens (tertiary/aromatic N) is 3. The number of carbonyl (C=O) groups excluding carboxylic acids is 1. The number of nitro groups is 1. The zero-order valence-electron chi connectivity index (χ0n) is 11.5. The first-order chi connectivity index (χ1) is 10.6. The van der Waals surface area contributed by atoms with Crippen LogP contribution in [-0.2, 0) is 11.3 Å². The van der Waals surface area contributed by atoms with Gasteiger partial charge in [-0.05, 0) is 27.8 Å². The number of nitrogens with one attached hydrogen (secondary N) is 1. The molecule has 0 bridgehead atoms. The molecule has 0 saturated heterocycles. The lowest BCUT2D eigenvalue weighted by atomic mass is 10.1. The molecule has 0 spiro atoms. The normalized spacial score (nSPS) is 10.5. The quantitative estimate of drug-likeness (QED) is 0.592. The van der Waals surface area contributed by atoms with Gasteiger partial charge in [0.05, 0.1) is 17.4 Å². The van der Waals surface area contributed by atoms with Gasteiger partial charge in [-0.25, -0.2) is 0 Å². The summed E-state index contributed by atoms with van der Waals surface area (Å²) >= 11 is 0. The molecule has 0 radical (unpaired) electrons. The second-order valence-corrected chi connectivity index (χ2v) is 4.74. The molecule has 2 aromatic carbocycles. The van der Waals surface area contributed by atoms with E-state index in [1.807, 2.05) is 42.5 Å². The van der Waals surface area contributed by atoms with Gasteiger partial charge in [0.25, 0.3) is 0 Å². The zero-order chi connectivity index (χ0) is 15.5. The molecular weight excluding hydrogens is 284 g/mol. The van der Waals surface area contributed by atoms with E-state index in [1.54, 1.807) is 0 Å². The number of hydrogen-bond acceptors (Lipinski definition) is 4. The van der Waals surface area contributed by atoms with Gasteiger partial charge in [0.1, 0.15) is 6.54 Å². The van der Waals surface area contributed by atoms with Crippen LogP contribution in [0.3, 0.4) is 0 Å². The van der Waals surface area contributed by atoms with Crippen LogP contribution in [0.15, 0.2) is 54.7 Å². The van der Waals surface area contributed by atoms with Crippen LogP contribution in [0, 0.1) is 10.1 Å². The fourth-order valence-electron chi connectivity index (χ4n) is 2.15. The van der Waals surface area contributed by atoms with E-state index < -0.39 is 4.92 Å². The Morgan fingerprint density at radius 1 is 1.18 bits per heavy atom. The van der Waals surface area contributed by atoms with Crippen molar-refractivity contribution in [1.82, 2.24) is 9.78 Å². The fourth-order valence-corrected chi connectivity index (χ4v) is 2.15. The molecular formula is C15H12N4O3. The summed E-state index contributed by atoms with van der Waals surface area (Å²) in [4.78, 5) is 21.9. The highest BCUT2D eigenvalue weighted by molar-refractivity contribution is 5.94. The lowest BCUT2D eigenvalue weighted by Crippen LogP contribution is -2.19. The summed E-state index contributed by atoms with van der Waals surface area (Å²) < 4.78 is 1.23. The Kier molecular flexibility index (Phi) is 3.53. The smallest absolute Gasteiger partial charge is 0.358 e. The molecule has 0 aliphatic carbocycles. The SMILES string of the molecule is O=C(Cn1ccc([N+](=O)[O-])n1)Nc1ccc2ccccc2c1. The van der Waals surface area contributed by atoms with E-state index in [1.165, 1.54) is 16.9 Å². The number of amides is 1. The minimum absolute atomic E-state index is 0.0827. The van der Waals surface area contributed by atoms with Crippen LogP contribution in [0.25, 0.3) is 10.8 Å². The summed E-state index contributed by atoms with van der Waals surface area (Å²) in [5.74, 6) is -0.577. The molecule has 0 fully saturated rings. The van der Waals surface area contributed by atoms with Gasteiger partial charge in [-0.15, -0.1) is 0 Å².